The first-order chi connectivity index (χ1) is 13.0. The lowest BCUT2D eigenvalue weighted by Gasteiger charge is -2.36. The fraction of sp³-hybridized carbons (Fsp3) is 0.455. The number of carbonyl (C=O) groups excluding carboxylic acids is 1. The molecule has 2 aromatic rings. The molecule has 2 heterocycles. The standard InChI is InChI=1S/C22H28FN3O/c1-3-4-7-18-8-10-19(11-9-18)25-21(27)26-15-12-22(23,13-16-26)20-17(2)6-5-14-24-20/h5-6,8-11,14H,3-4,7,12-13,15-16H2,1-2H3,(H,25,27). The highest BCUT2D eigenvalue weighted by atomic mass is 19.1. The van der Waals surface area contributed by atoms with Gasteiger partial charge in [0.1, 0.15) is 0 Å². The molecule has 0 radical (unpaired) electrons. The minimum atomic E-state index is -1.46. The van der Waals surface area contributed by atoms with Crippen molar-refractivity contribution >= 4 is 11.7 Å². The summed E-state index contributed by atoms with van der Waals surface area (Å²) < 4.78 is 15.4. The third-order valence-corrected chi connectivity index (χ3v) is 5.30. The number of amides is 2. The Morgan fingerprint density at radius 1 is 1.22 bits per heavy atom. The molecule has 0 spiro atoms. The molecule has 144 valence electrons. The first-order valence-corrected chi connectivity index (χ1v) is 9.78. The molecule has 1 aromatic carbocycles. The van der Waals surface area contributed by atoms with Crippen molar-refractivity contribution in [3.63, 3.8) is 0 Å². The van der Waals surface area contributed by atoms with Gasteiger partial charge in [0.2, 0.25) is 0 Å². The molecule has 27 heavy (non-hydrogen) atoms. The van der Waals surface area contributed by atoms with Crippen molar-refractivity contribution in [2.45, 2.75) is 51.6 Å². The van der Waals surface area contributed by atoms with Crippen molar-refractivity contribution in [1.82, 2.24) is 9.88 Å². The van der Waals surface area contributed by atoms with Gasteiger partial charge in [-0.25, -0.2) is 9.18 Å². The van der Waals surface area contributed by atoms with Crippen molar-refractivity contribution in [3.8, 4) is 0 Å². The van der Waals surface area contributed by atoms with Gasteiger partial charge in [0.15, 0.2) is 5.67 Å². The van der Waals surface area contributed by atoms with Gasteiger partial charge in [-0.05, 0) is 49.1 Å². The van der Waals surface area contributed by atoms with Crippen molar-refractivity contribution in [3.05, 3.63) is 59.4 Å². The minimum Gasteiger partial charge on any atom is -0.324 e. The topological polar surface area (TPSA) is 45.2 Å². The number of alkyl halides is 1. The molecular formula is C22H28FN3O. The van der Waals surface area contributed by atoms with E-state index in [9.17, 15) is 4.79 Å². The molecule has 0 unspecified atom stereocenters. The Hall–Kier alpha value is -2.43. The van der Waals surface area contributed by atoms with Crippen molar-refractivity contribution in [2.24, 2.45) is 0 Å². The fourth-order valence-corrected chi connectivity index (χ4v) is 3.59. The van der Waals surface area contributed by atoms with E-state index in [1.165, 1.54) is 18.4 Å². The maximum absolute atomic E-state index is 15.4. The molecular weight excluding hydrogens is 341 g/mol. The quantitative estimate of drug-likeness (QED) is 0.785. The number of rotatable bonds is 5. The number of hydrogen-bond donors (Lipinski definition) is 1. The number of pyridine rings is 1. The maximum Gasteiger partial charge on any atom is 0.321 e. The number of aromatic nitrogens is 1. The van der Waals surface area contributed by atoms with Gasteiger partial charge in [-0.3, -0.25) is 4.98 Å². The number of piperidine rings is 1. The molecule has 0 saturated carbocycles. The molecule has 1 aliphatic rings. The SMILES string of the molecule is CCCCc1ccc(NC(=O)N2CCC(F)(c3ncccc3C)CC2)cc1. The van der Waals surface area contributed by atoms with E-state index in [0.29, 0.717) is 18.8 Å². The summed E-state index contributed by atoms with van der Waals surface area (Å²) in [7, 11) is 0. The summed E-state index contributed by atoms with van der Waals surface area (Å²) in [5.41, 5.74) is 1.97. The number of aryl methyl sites for hydroxylation is 2. The molecule has 5 heteroatoms. The summed E-state index contributed by atoms with van der Waals surface area (Å²) in [4.78, 5) is 18.4. The number of carbonyl (C=O) groups is 1. The van der Waals surface area contributed by atoms with E-state index in [4.69, 9.17) is 0 Å². The zero-order valence-electron chi connectivity index (χ0n) is 16.2. The van der Waals surface area contributed by atoms with Crippen LogP contribution < -0.4 is 5.32 Å². The van der Waals surface area contributed by atoms with Crippen molar-refractivity contribution < 1.29 is 9.18 Å². The third kappa shape index (κ3) is 4.65. The number of hydrogen-bond acceptors (Lipinski definition) is 2. The van der Waals surface area contributed by atoms with Crippen LogP contribution >= 0.6 is 0 Å². The van der Waals surface area contributed by atoms with Crippen LogP contribution in [0.15, 0.2) is 42.6 Å². The van der Waals surface area contributed by atoms with Crippen LogP contribution in [-0.4, -0.2) is 29.0 Å². The summed E-state index contributed by atoms with van der Waals surface area (Å²) in [5.74, 6) is 0. The Bertz CT molecular complexity index is 767. The first-order valence-electron chi connectivity index (χ1n) is 9.78. The summed E-state index contributed by atoms with van der Waals surface area (Å²) >= 11 is 0. The third-order valence-electron chi connectivity index (χ3n) is 5.30. The zero-order chi connectivity index (χ0) is 19.3. The van der Waals surface area contributed by atoms with Gasteiger partial charge in [0, 0.05) is 37.8 Å². The van der Waals surface area contributed by atoms with Crippen LogP contribution in [0.25, 0.3) is 0 Å². The average molecular weight is 369 g/mol. The van der Waals surface area contributed by atoms with E-state index >= 15 is 4.39 Å². The molecule has 1 fully saturated rings. The van der Waals surface area contributed by atoms with Crippen molar-refractivity contribution in [1.29, 1.82) is 0 Å². The highest BCUT2D eigenvalue weighted by molar-refractivity contribution is 5.89. The number of nitrogens with zero attached hydrogens (tertiary/aromatic N) is 2. The van der Waals surface area contributed by atoms with Gasteiger partial charge in [0.05, 0.1) is 5.69 Å². The van der Waals surface area contributed by atoms with E-state index in [0.717, 1.165) is 17.7 Å². The van der Waals surface area contributed by atoms with Gasteiger partial charge >= 0.3 is 6.03 Å². The Morgan fingerprint density at radius 3 is 2.56 bits per heavy atom. The van der Waals surface area contributed by atoms with E-state index < -0.39 is 5.67 Å². The van der Waals surface area contributed by atoms with Gasteiger partial charge in [-0.1, -0.05) is 31.5 Å². The van der Waals surface area contributed by atoms with Gasteiger partial charge in [-0.15, -0.1) is 0 Å². The van der Waals surface area contributed by atoms with E-state index in [2.05, 4.69) is 29.4 Å². The van der Waals surface area contributed by atoms with E-state index in [1.54, 1.807) is 11.1 Å². The number of benzene rings is 1. The smallest absolute Gasteiger partial charge is 0.321 e. The number of halogens is 1. The highest BCUT2D eigenvalue weighted by Crippen LogP contribution is 2.37. The highest BCUT2D eigenvalue weighted by Gasteiger charge is 2.39. The molecule has 1 aliphatic heterocycles. The summed E-state index contributed by atoms with van der Waals surface area (Å²) in [6.45, 7) is 4.82. The van der Waals surface area contributed by atoms with Gasteiger partial charge in [-0.2, -0.15) is 0 Å². The Kier molecular flexibility index (Phi) is 6.09. The van der Waals surface area contributed by atoms with Crippen LogP contribution in [0.5, 0.6) is 0 Å². The summed E-state index contributed by atoms with van der Waals surface area (Å²) in [6.07, 6.45) is 5.57. The minimum absolute atomic E-state index is 0.170. The molecule has 1 N–H and O–H groups in total. The Morgan fingerprint density at radius 2 is 1.93 bits per heavy atom. The molecule has 4 nitrogen and oxygen atoms in total. The first kappa shape index (κ1) is 19.3. The monoisotopic (exact) mass is 369 g/mol. The molecule has 0 bridgehead atoms. The summed E-state index contributed by atoms with van der Waals surface area (Å²) in [6, 6.07) is 11.5. The lowest BCUT2D eigenvalue weighted by molar-refractivity contribution is 0.0677. The van der Waals surface area contributed by atoms with E-state index in [1.807, 2.05) is 31.2 Å². The number of nitrogens with one attached hydrogen (secondary N) is 1. The number of unbranched alkanes of at least 4 members (excludes halogenated alkanes) is 1. The normalized spacial score (nSPS) is 16.2. The van der Waals surface area contributed by atoms with Crippen LogP contribution in [0.3, 0.4) is 0 Å². The summed E-state index contributed by atoms with van der Waals surface area (Å²) in [5, 5.41) is 2.92. The largest absolute Gasteiger partial charge is 0.324 e. The lowest BCUT2D eigenvalue weighted by atomic mass is 9.87. The second-order valence-electron chi connectivity index (χ2n) is 7.35. The Labute approximate surface area is 160 Å². The molecule has 1 aromatic heterocycles. The number of likely N-dealkylation sites (tertiary alicyclic amines) is 1. The molecule has 1 saturated heterocycles. The fourth-order valence-electron chi connectivity index (χ4n) is 3.59. The second kappa shape index (κ2) is 8.51. The predicted molar refractivity (Wildman–Crippen MR) is 107 cm³/mol. The van der Waals surface area contributed by atoms with Crippen LogP contribution in [0.2, 0.25) is 0 Å². The Balaban J connectivity index is 1.56. The zero-order valence-corrected chi connectivity index (χ0v) is 16.2. The van der Waals surface area contributed by atoms with Crippen LogP contribution in [-0.2, 0) is 12.1 Å². The van der Waals surface area contributed by atoms with Crippen molar-refractivity contribution in [2.75, 3.05) is 18.4 Å². The number of urea groups is 1. The van der Waals surface area contributed by atoms with Gasteiger partial charge in [0.25, 0.3) is 0 Å². The van der Waals surface area contributed by atoms with Gasteiger partial charge < -0.3 is 10.2 Å². The molecule has 2 amide bonds. The van der Waals surface area contributed by atoms with Crippen LogP contribution in [0.4, 0.5) is 14.9 Å². The lowest BCUT2D eigenvalue weighted by Crippen LogP contribution is -2.45. The van der Waals surface area contributed by atoms with Crippen LogP contribution in [0.1, 0.15) is 49.4 Å². The number of anilines is 1. The van der Waals surface area contributed by atoms with Crippen LogP contribution in [0, 0.1) is 6.92 Å². The van der Waals surface area contributed by atoms with E-state index in [-0.39, 0.29) is 18.9 Å². The average Bonchev–Trinajstić information content (AvgIpc) is 2.68. The molecule has 3 rings (SSSR count). The molecule has 0 atom stereocenters. The second-order valence-corrected chi connectivity index (χ2v) is 7.35. The maximum atomic E-state index is 15.4. The molecule has 0 aliphatic carbocycles. The predicted octanol–water partition coefficient (Wildman–Crippen LogP) is 5.23.